The summed E-state index contributed by atoms with van der Waals surface area (Å²) >= 11 is 0. The molecule has 3 aromatic rings. The van der Waals surface area contributed by atoms with Gasteiger partial charge in [0.25, 0.3) is 0 Å². The molecule has 6 nitrogen and oxygen atoms in total. The maximum Gasteiger partial charge on any atom is 0.166 e. The molecule has 41 heavy (non-hydrogen) atoms. The van der Waals surface area contributed by atoms with E-state index < -0.39 is 0 Å². The zero-order chi connectivity index (χ0) is 29.8. The lowest BCUT2D eigenvalue weighted by Gasteiger charge is -2.08. The van der Waals surface area contributed by atoms with Gasteiger partial charge in [-0.1, -0.05) is 55.4 Å². The summed E-state index contributed by atoms with van der Waals surface area (Å²) in [5.41, 5.74) is 17.2. The third-order valence-corrected chi connectivity index (χ3v) is 8.78. The van der Waals surface area contributed by atoms with E-state index in [-0.39, 0.29) is 0 Å². The average molecular weight is 555 g/mol. The molecule has 1 aliphatic rings. The van der Waals surface area contributed by atoms with Crippen LogP contribution in [0.15, 0.2) is 21.8 Å². The molecule has 1 aliphatic heterocycles. The van der Waals surface area contributed by atoms with E-state index >= 15 is 0 Å². The van der Waals surface area contributed by atoms with Crippen molar-refractivity contribution >= 4 is 24.4 Å². The van der Waals surface area contributed by atoms with Crippen molar-refractivity contribution in [3.63, 3.8) is 0 Å². The van der Waals surface area contributed by atoms with Crippen LogP contribution >= 0.6 is 0 Å². The molecule has 0 aliphatic carbocycles. The van der Waals surface area contributed by atoms with Crippen molar-refractivity contribution in [3.8, 4) is 11.4 Å². The minimum absolute atomic E-state index is 0.668. The number of hydrogen-bond donors (Lipinski definition) is 3. The van der Waals surface area contributed by atoms with Crippen molar-refractivity contribution in [2.45, 2.75) is 107 Å². The second-order valence-electron chi connectivity index (χ2n) is 10.6. The predicted molar refractivity (Wildman–Crippen MR) is 171 cm³/mol. The number of aliphatic imine (C=N–C) groups is 1. The summed E-state index contributed by atoms with van der Waals surface area (Å²) in [6.07, 6.45) is 11.0. The fourth-order valence-electron chi connectivity index (χ4n) is 6.92. The van der Waals surface area contributed by atoms with Gasteiger partial charge in [-0.25, -0.2) is 4.99 Å². The highest BCUT2D eigenvalue weighted by Gasteiger charge is 2.28. The van der Waals surface area contributed by atoms with Crippen molar-refractivity contribution in [2.24, 2.45) is 4.99 Å². The highest BCUT2D eigenvalue weighted by Crippen LogP contribution is 2.38. The van der Waals surface area contributed by atoms with Gasteiger partial charge in [0.05, 0.1) is 39.9 Å². The fraction of sp³-hybridized carbons (Fsp3) is 0.457. The number of allylic oxidation sites excluding steroid dienone is 2. The number of nitrogens with one attached hydrogen (secondary N) is 3. The lowest BCUT2D eigenvalue weighted by Crippen LogP contribution is -2.06. The van der Waals surface area contributed by atoms with Gasteiger partial charge in [0.15, 0.2) is 12.6 Å². The Balaban J connectivity index is 1.95. The van der Waals surface area contributed by atoms with E-state index in [1.807, 2.05) is 0 Å². The minimum Gasteiger partial charge on any atom is -0.353 e. The number of aromatic nitrogens is 3. The van der Waals surface area contributed by atoms with Gasteiger partial charge in [-0.3, -0.25) is 9.59 Å². The number of aromatic amines is 3. The Morgan fingerprint density at radius 3 is 1.29 bits per heavy atom. The van der Waals surface area contributed by atoms with E-state index in [4.69, 9.17) is 4.99 Å². The molecule has 4 heterocycles. The van der Waals surface area contributed by atoms with Crippen LogP contribution in [0.1, 0.15) is 134 Å². The van der Waals surface area contributed by atoms with Crippen LogP contribution in [0.5, 0.6) is 0 Å². The highest BCUT2D eigenvalue weighted by molar-refractivity contribution is 6.16. The summed E-state index contributed by atoms with van der Waals surface area (Å²) in [4.78, 5) is 39.7. The Kier molecular flexibility index (Phi) is 9.52. The fourth-order valence-corrected chi connectivity index (χ4v) is 6.92. The summed E-state index contributed by atoms with van der Waals surface area (Å²) in [5, 5.41) is 0. The molecule has 4 rings (SSSR count). The van der Waals surface area contributed by atoms with Crippen LogP contribution in [0.2, 0.25) is 0 Å². The maximum absolute atomic E-state index is 11.9. The predicted octanol–water partition coefficient (Wildman–Crippen LogP) is 8.30. The highest BCUT2D eigenvalue weighted by atomic mass is 16.1. The Morgan fingerprint density at radius 1 is 0.488 bits per heavy atom. The molecule has 0 spiro atoms. The zero-order valence-corrected chi connectivity index (χ0v) is 26.2. The summed E-state index contributed by atoms with van der Waals surface area (Å²) in [6.45, 7) is 17.3. The maximum atomic E-state index is 11.9. The largest absolute Gasteiger partial charge is 0.353 e. The Bertz CT molecular complexity index is 1550. The van der Waals surface area contributed by atoms with Crippen molar-refractivity contribution in [3.05, 3.63) is 73.0 Å². The summed E-state index contributed by atoms with van der Waals surface area (Å²) in [6, 6.07) is 0. The van der Waals surface area contributed by atoms with Gasteiger partial charge in [-0.15, -0.1) is 0 Å². The van der Waals surface area contributed by atoms with Crippen LogP contribution < -0.4 is 0 Å². The first kappa shape index (κ1) is 30.3. The lowest BCUT2D eigenvalue weighted by molar-refractivity contribution is 0.111. The van der Waals surface area contributed by atoms with Crippen molar-refractivity contribution < 1.29 is 9.59 Å². The molecule has 0 saturated heterocycles. The van der Waals surface area contributed by atoms with E-state index in [1.54, 1.807) is 0 Å². The summed E-state index contributed by atoms with van der Waals surface area (Å²) < 4.78 is 0. The van der Waals surface area contributed by atoms with Crippen molar-refractivity contribution in [1.29, 1.82) is 0 Å². The normalized spacial score (nSPS) is 14.4. The van der Waals surface area contributed by atoms with Crippen LogP contribution in [-0.4, -0.2) is 33.2 Å². The number of nitrogens with zero attached hydrogens (tertiary/aromatic N) is 1. The Labute approximate surface area is 244 Å². The van der Waals surface area contributed by atoms with Crippen molar-refractivity contribution in [2.75, 3.05) is 0 Å². The van der Waals surface area contributed by atoms with E-state index in [1.165, 1.54) is 33.4 Å². The second-order valence-corrected chi connectivity index (χ2v) is 10.6. The summed E-state index contributed by atoms with van der Waals surface area (Å²) in [5.74, 6) is 0. The molecule has 0 atom stereocenters. The van der Waals surface area contributed by atoms with Gasteiger partial charge in [0.1, 0.15) is 0 Å². The molecular weight excluding hydrogens is 508 g/mol. The SMILES string of the molecule is CCC1=C(CC)/C(=C\c2[nH]c(-c3[nH]c(C=O)c(CC)c3CC)c(CC)c2CC)N=C1c1[nH]c(C=O)c(CC)c1CC. The number of hydrogen-bond acceptors (Lipinski definition) is 3. The summed E-state index contributed by atoms with van der Waals surface area (Å²) in [7, 11) is 0. The molecule has 0 radical (unpaired) electrons. The molecule has 0 amide bonds. The molecule has 3 aromatic heterocycles. The molecule has 0 aromatic carbocycles. The lowest BCUT2D eigenvalue weighted by atomic mass is 9.94. The third-order valence-electron chi connectivity index (χ3n) is 8.78. The smallest absolute Gasteiger partial charge is 0.166 e. The van der Waals surface area contributed by atoms with Gasteiger partial charge >= 0.3 is 0 Å². The van der Waals surface area contributed by atoms with Gasteiger partial charge < -0.3 is 15.0 Å². The topological polar surface area (TPSA) is 93.9 Å². The molecule has 0 fully saturated rings. The van der Waals surface area contributed by atoms with E-state index in [2.05, 4.69) is 76.4 Å². The second kappa shape index (κ2) is 12.9. The number of carbonyl (C=O) groups is 2. The van der Waals surface area contributed by atoms with Crippen LogP contribution in [0.25, 0.3) is 17.5 Å². The first-order valence-electron chi connectivity index (χ1n) is 15.6. The molecule has 6 heteroatoms. The van der Waals surface area contributed by atoms with Crippen LogP contribution in [0.4, 0.5) is 0 Å². The van der Waals surface area contributed by atoms with Gasteiger partial charge in [-0.05, 0) is 102 Å². The monoisotopic (exact) mass is 554 g/mol. The van der Waals surface area contributed by atoms with Crippen LogP contribution in [0, 0.1) is 0 Å². The van der Waals surface area contributed by atoms with Gasteiger partial charge in [0.2, 0.25) is 0 Å². The zero-order valence-electron chi connectivity index (χ0n) is 26.2. The molecule has 3 N–H and O–H groups in total. The van der Waals surface area contributed by atoms with Crippen molar-refractivity contribution in [1.82, 2.24) is 15.0 Å². The molecule has 0 bridgehead atoms. The van der Waals surface area contributed by atoms with Gasteiger partial charge in [-0.2, -0.15) is 0 Å². The standard InChI is InChI=1S/C35H46N4O2/c1-9-20-24(13-5)32(34-26(15-7)22(11-3)30(18-40)38-34)36-28(20)17-29-21(10-2)25(14-6)33(37-29)35-27(16-8)23(12-4)31(19-41)39-35/h17-19,36,38-39H,9-16H2,1-8H3/b29-17+. The van der Waals surface area contributed by atoms with E-state index in [9.17, 15) is 9.59 Å². The Morgan fingerprint density at radius 2 is 0.878 bits per heavy atom. The molecule has 0 saturated carbocycles. The first-order chi connectivity index (χ1) is 19.9. The Hall–Kier alpha value is -3.67. The number of rotatable bonds is 13. The molecule has 0 unspecified atom stereocenters. The minimum atomic E-state index is 0.668. The quantitative estimate of drug-likeness (QED) is 0.185. The van der Waals surface area contributed by atoms with Crippen LogP contribution in [-0.2, 0) is 38.5 Å². The number of H-pyrrole nitrogens is 3. The number of aldehydes is 2. The first-order valence-corrected chi connectivity index (χ1v) is 15.6. The average Bonchev–Trinajstić information content (AvgIpc) is 3.74. The molecular formula is C35H46N4O2. The molecule has 218 valence electrons. The van der Waals surface area contributed by atoms with E-state index in [0.29, 0.717) is 11.4 Å². The number of carbonyl (C=O) groups excluding carboxylic acids is 2. The van der Waals surface area contributed by atoms with E-state index in [0.717, 1.165) is 109 Å². The van der Waals surface area contributed by atoms with Crippen LogP contribution in [0.3, 0.4) is 0 Å². The third kappa shape index (κ3) is 5.02. The van der Waals surface area contributed by atoms with Gasteiger partial charge in [0, 0.05) is 5.69 Å².